The number of benzene rings is 1. The van der Waals surface area contributed by atoms with Gasteiger partial charge in [0.25, 0.3) is 0 Å². The van der Waals surface area contributed by atoms with E-state index in [0.29, 0.717) is 6.42 Å². The first-order valence-corrected chi connectivity index (χ1v) is 8.43. The van der Waals surface area contributed by atoms with Crippen molar-refractivity contribution in [1.82, 2.24) is 5.32 Å². The fourth-order valence-electron chi connectivity index (χ4n) is 2.09. The number of rotatable bonds is 7. The van der Waals surface area contributed by atoms with Crippen LogP contribution in [0.4, 0.5) is 9.18 Å². The van der Waals surface area contributed by atoms with Crippen LogP contribution in [0.3, 0.4) is 0 Å². The predicted octanol–water partition coefficient (Wildman–Crippen LogP) is 3.49. The van der Waals surface area contributed by atoms with Gasteiger partial charge in [0.2, 0.25) is 0 Å². The first-order chi connectivity index (χ1) is 12.0. The molecular weight excluding hydrogens is 341 g/mol. The highest BCUT2D eigenvalue weighted by atomic mass is 19.1. The summed E-state index contributed by atoms with van der Waals surface area (Å²) in [5.74, 6) is -1.54. The molecular formula is C19H26FNO5. The third kappa shape index (κ3) is 8.09. The fourth-order valence-corrected chi connectivity index (χ4v) is 2.09. The second-order valence-corrected chi connectivity index (χ2v) is 7.37. The molecule has 0 spiro atoms. The van der Waals surface area contributed by atoms with Crippen molar-refractivity contribution in [3.05, 3.63) is 35.6 Å². The molecule has 0 heterocycles. The van der Waals surface area contributed by atoms with Crippen LogP contribution in [-0.4, -0.2) is 36.1 Å². The highest BCUT2D eigenvalue weighted by Gasteiger charge is 2.26. The molecule has 6 nitrogen and oxygen atoms in total. The number of ether oxygens (including phenoxy) is 2. The van der Waals surface area contributed by atoms with Gasteiger partial charge in [-0.15, -0.1) is 0 Å². The van der Waals surface area contributed by atoms with Crippen LogP contribution in [0.25, 0.3) is 0 Å². The molecule has 1 rings (SSSR count). The molecule has 0 aliphatic rings. The Bertz CT molecular complexity index is 634. The van der Waals surface area contributed by atoms with Gasteiger partial charge in [-0.3, -0.25) is 4.79 Å². The zero-order valence-electron chi connectivity index (χ0n) is 15.8. The number of esters is 1. The normalized spacial score (nSPS) is 12.4. The molecule has 1 amide bonds. The summed E-state index contributed by atoms with van der Waals surface area (Å²) >= 11 is 0. The summed E-state index contributed by atoms with van der Waals surface area (Å²) in [5.41, 5.74) is -0.464. The van der Waals surface area contributed by atoms with Gasteiger partial charge < -0.3 is 14.8 Å². The van der Waals surface area contributed by atoms with Crippen molar-refractivity contribution in [2.24, 2.45) is 5.92 Å². The summed E-state index contributed by atoms with van der Waals surface area (Å²) in [6, 6.07) is 4.01. The van der Waals surface area contributed by atoms with Gasteiger partial charge in [0, 0.05) is 5.56 Å². The Labute approximate surface area is 153 Å². The molecule has 0 saturated heterocycles. The summed E-state index contributed by atoms with van der Waals surface area (Å²) in [4.78, 5) is 36.2. The Balaban J connectivity index is 2.66. The Kier molecular flexibility index (Phi) is 7.74. The summed E-state index contributed by atoms with van der Waals surface area (Å²) in [5, 5.41) is 2.48. The van der Waals surface area contributed by atoms with Gasteiger partial charge in [0.1, 0.15) is 17.5 Å². The molecule has 0 bridgehead atoms. The van der Waals surface area contributed by atoms with Gasteiger partial charge in [-0.25, -0.2) is 14.0 Å². The molecule has 0 radical (unpaired) electrons. The van der Waals surface area contributed by atoms with E-state index in [1.54, 1.807) is 20.8 Å². The zero-order valence-corrected chi connectivity index (χ0v) is 15.8. The molecule has 0 unspecified atom stereocenters. The third-order valence-electron chi connectivity index (χ3n) is 3.19. The van der Waals surface area contributed by atoms with E-state index in [1.807, 2.05) is 13.8 Å². The molecule has 1 N–H and O–H groups in total. The number of hydrogen-bond donors (Lipinski definition) is 1. The van der Waals surface area contributed by atoms with Gasteiger partial charge in [-0.05, 0) is 57.4 Å². The lowest BCUT2D eigenvalue weighted by molar-refractivity contribution is -0.145. The van der Waals surface area contributed by atoms with Crippen molar-refractivity contribution in [2.75, 3.05) is 6.61 Å². The number of amides is 1. The van der Waals surface area contributed by atoms with Gasteiger partial charge in [0.05, 0.1) is 0 Å². The van der Waals surface area contributed by atoms with Crippen LogP contribution in [-0.2, 0) is 14.3 Å². The summed E-state index contributed by atoms with van der Waals surface area (Å²) in [6.07, 6.45) is -0.395. The number of carbonyl (C=O) groups excluding carboxylic acids is 3. The van der Waals surface area contributed by atoms with Crippen molar-refractivity contribution in [3.8, 4) is 0 Å². The first kappa shape index (κ1) is 21.6. The quantitative estimate of drug-likeness (QED) is 0.589. The topological polar surface area (TPSA) is 81.7 Å². The van der Waals surface area contributed by atoms with E-state index in [-0.39, 0.29) is 11.5 Å². The van der Waals surface area contributed by atoms with Gasteiger partial charge in [-0.2, -0.15) is 0 Å². The Morgan fingerprint density at radius 1 is 1.12 bits per heavy atom. The molecule has 7 heteroatoms. The minimum Gasteiger partial charge on any atom is -0.456 e. The third-order valence-corrected chi connectivity index (χ3v) is 3.19. The molecule has 1 aromatic carbocycles. The monoisotopic (exact) mass is 367 g/mol. The summed E-state index contributed by atoms with van der Waals surface area (Å²) in [6.45, 7) is 8.42. The van der Waals surface area contributed by atoms with Crippen LogP contribution in [0.15, 0.2) is 24.3 Å². The average molecular weight is 367 g/mol. The first-order valence-electron chi connectivity index (χ1n) is 8.43. The minimum atomic E-state index is -0.925. The Morgan fingerprint density at radius 3 is 2.19 bits per heavy atom. The van der Waals surface area contributed by atoms with Crippen molar-refractivity contribution >= 4 is 17.8 Å². The van der Waals surface area contributed by atoms with E-state index in [0.717, 1.165) is 12.1 Å². The second-order valence-electron chi connectivity index (χ2n) is 7.37. The van der Waals surface area contributed by atoms with E-state index in [9.17, 15) is 18.8 Å². The van der Waals surface area contributed by atoms with Crippen LogP contribution in [0.5, 0.6) is 0 Å². The Morgan fingerprint density at radius 2 is 1.69 bits per heavy atom. The van der Waals surface area contributed by atoms with Crippen LogP contribution < -0.4 is 5.32 Å². The predicted molar refractivity (Wildman–Crippen MR) is 94.3 cm³/mol. The van der Waals surface area contributed by atoms with E-state index >= 15 is 0 Å². The largest absolute Gasteiger partial charge is 0.456 e. The van der Waals surface area contributed by atoms with Crippen LogP contribution in [0.2, 0.25) is 0 Å². The number of alkyl carbamates (subject to hydrolysis) is 1. The maximum atomic E-state index is 12.9. The number of nitrogens with one attached hydrogen (secondary N) is 1. The summed E-state index contributed by atoms with van der Waals surface area (Å²) in [7, 11) is 0. The van der Waals surface area contributed by atoms with E-state index in [2.05, 4.69) is 5.32 Å². The maximum Gasteiger partial charge on any atom is 0.408 e. The minimum absolute atomic E-state index is 0.107. The standard InChI is InChI=1S/C19H26FNO5/c1-12(2)10-15(21-18(24)26-19(3,4)5)17(23)25-11-16(22)13-6-8-14(20)9-7-13/h6-9,12,15H,10-11H2,1-5H3,(H,21,24)/t15-/m0/s1. The molecule has 0 aliphatic carbocycles. The lowest BCUT2D eigenvalue weighted by Gasteiger charge is -2.23. The van der Waals surface area contributed by atoms with E-state index in [1.165, 1.54) is 12.1 Å². The molecule has 26 heavy (non-hydrogen) atoms. The molecule has 1 atom stereocenters. The lowest BCUT2D eigenvalue weighted by atomic mass is 10.0. The highest BCUT2D eigenvalue weighted by Crippen LogP contribution is 2.11. The molecule has 0 aromatic heterocycles. The van der Waals surface area contributed by atoms with Crippen LogP contribution in [0, 0.1) is 11.7 Å². The number of hydrogen-bond acceptors (Lipinski definition) is 5. The average Bonchev–Trinajstić information content (AvgIpc) is 2.50. The van der Waals surface area contributed by atoms with Crippen molar-refractivity contribution in [2.45, 2.75) is 52.7 Å². The van der Waals surface area contributed by atoms with Crippen molar-refractivity contribution in [1.29, 1.82) is 0 Å². The number of Topliss-reactive ketones (excluding diaryl/α,β-unsaturated/α-hetero) is 1. The van der Waals surface area contributed by atoms with Crippen molar-refractivity contribution in [3.63, 3.8) is 0 Å². The van der Waals surface area contributed by atoms with E-state index < -0.39 is 41.9 Å². The number of halogens is 1. The molecule has 0 aliphatic heterocycles. The second kappa shape index (κ2) is 9.31. The molecule has 0 saturated carbocycles. The fraction of sp³-hybridized carbons (Fsp3) is 0.526. The van der Waals surface area contributed by atoms with Gasteiger partial charge in [-0.1, -0.05) is 13.8 Å². The lowest BCUT2D eigenvalue weighted by Crippen LogP contribution is -2.45. The summed E-state index contributed by atoms with van der Waals surface area (Å²) < 4.78 is 23.1. The molecule has 144 valence electrons. The van der Waals surface area contributed by atoms with Gasteiger partial charge in [0.15, 0.2) is 12.4 Å². The Hall–Kier alpha value is -2.44. The smallest absolute Gasteiger partial charge is 0.408 e. The van der Waals surface area contributed by atoms with Crippen LogP contribution >= 0.6 is 0 Å². The number of ketones is 1. The molecule has 1 aromatic rings. The van der Waals surface area contributed by atoms with Crippen molar-refractivity contribution < 1.29 is 28.2 Å². The molecule has 0 fully saturated rings. The van der Waals surface area contributed by atoms with Gasteiger partial charge >= 0.3 is 12.1 Å². The SMILES string of the molecule is CC(C)C[C@H](NC(=O)OC(C)(C)C)C(=O)OCC(=O)c1ccc(F)cc1. The maximum absolute atomic E-state index is 12.9. The number of carbonyl (C=O) groups is 3. The van der Waals surface area contributed by atoms with Crippen LogP contribution in [0.1, 0.15) is 51.4 Å². The zero-order chi connectivity index (χ0) is 19.9. The van der Waals surface area contributed by atoms with E-state index in [4.69, 9.17) is 9.47 Å². The highest BCUT2D eigenvalue weighted by molar-refractivity contribution is 5.98.